The van der Waals surface area contributed by atoms with Crippen LogP contribution in [-0.4, -0.2) is 11.1 Å². The number of carbonyl (C=O) groups excluding carboxylic acids is 1. The number of benzene rings is 1. The largest absolute Gasteiger partial charge is 0.379 e. The number of amides is 1. The van der Waals surface area contributed by atoms with Crippen LogP contribution in [0.15, 0.2) is 34.9 Å². The highest BCUT2D eigenvalue weighted by Crippen LogP contribution is 2.11. The molecule has 0 saturated carbocycles. The Bertz CT molecular complexity index is 531. The molecule has 0 unspecified atom stereocenters. The summed E-state index contributed by atoms with van der Waals surface area (Å²) in [5.41, 5.74) is 3.71. The number of nitrogens with zero attached hydrogens (tertiary/aromatic N) is 1. The Morgan fingerprint density at radius 3 is 2.67 bits per heavy atom. The number of carbonyl (C=O) groups is 1. The number of rotatable bonds is 4. The highest BCUT2D eigenvalue weighted by atomic mass is 16.7. The minimum absolute atomic E-state index is 0.192. The second kappa shape index (κ2) is 5.35. The van der Waals surface area contributed by atoms with E-state index in [2.05, 4.69) is 17.6 Å². The van der Waals surface area contributed by atoms with Gasteiger partial charge in [0.2, 0.25) is 0 Å². The van der Waals surface area contributed by atoms with Crippen LogP contribution in [0.3, 0.4) is 0 Å². The van der Waals surface area contributed by atoms with E-state index in [4.69, 9.17) is 9.36 Å². The van der Waals surface area contributed by atoms with Crippen molar-refractivity contribution in [2.45, 2.75) is 20.3 Å². The first-order valence-corrected chi connectivity index (χ1v) is 5.68. The fourth-order valence-electron chi connectivity index (χ4n) is 1.42. The van der Waals surface area contributed by atoms with Gasteiger partial charge in [0.25, 0.3) is 0 Å². The van der Waals surface area contributed by atoms with Crippen molar-refractivity contribution >= 4 is 5.91 Å². The molecule has 1 aromatic heterocycles. The summed E-state index contributed by atoms with van der Waals surface area (Å²) in [6, 6.07) is 9.03. The van der Waals surface area contributed by atoms with E-state index < -0.39 is 5.91 Å². The molecule has 1 N–H and O–H groups in total. The van der Waals surface area contributed by atoms with Gasteiger partial charge in [0, 0.05) is 6.07 Å². The van der Waals surface area contributed by atoms with Crippen LogP contribution in [0.1, 0.15) is 28.7 Å². The van der Waals surface area contributed by atoms with Gasteiger partial charge in [0.1, 0.15) is 5.76 Å². The minimum atomic E-state index is -0.439. The van der Waals surface area contributed by atoms with Crippen LogP contribution < -0.4 is 10.3 Å². The molecule has 0 bridgehead atoms. The Kier molecular flexibility index (Phi) is 3.62. The van der Waals surface area contributed by atoms with Crippen LogP contribution in [0.4, 0.5) is 0 Å². The van der Waals surface area contributed by atoms with Crippen LogP contribution >= 0.6 is 0 Å². The summed E-state index contributed by atoms with van der Waals surface area (Å²) >= 11 is 0. The topological polar surface area (TPSA) is 64.4 Å². The van der Waals surface area contributed by atoms with Crippen LogP contribution in [0, 0.1) is 6.92 Å². The van der Waals surface area contributed by atoms with Gasteiger partial charge in [-0.3, -0.25) is 4.79 Å². The van der Waals surface area contributed by atoms with Crippen LogP contribution in [0.5, 0.6) is 5.75 Å². The van der Waals surface area contributed by atoms with Crippen LogP contribution in [-0.2, 0) is 6.42 Å². The SMILES string of the molecule is CCc1ccc(ONC(=O)c2cc(C)on2)cc1. The third kappa shape index (κ3) is 2.88. The maximum absolute atomic E-state index is 11.6. The van der Waals surface area contributed by atoms with Crippen molar-refractivity contribution in [1.82, 2.24) is 10.6 Å². The molecular formula is C13H14N2O3. The number of aryl methyl sites for hydroxylation is 2. The molecule has 0 aliphatic rings. The first-order valence-electron chi connectivity index (χ1n) is 5.68. The number of hydroxylamine groups is 1. The van der Waals surface area contributed by atoms with E-state index in [9.17, 15) is 4.79 Å². The number of hydrogen-bond acceptors (Lipinski definition) is 4. The Labute approximate surface area is 105 Å². The van der Waals surface area contributed by atoms with Gasteiger partial charge in [0.15, 0.2) is 11.4 Å². The minimum Gasteiger partial charge on any atom is -0.379 e. The molecule has 0 fully saturated rings. The predicted octanol–water partition coefficient (Wildman–Crippen LogP) is 2.27. The Hall–Kier alpha value is -2.30. The predicted molar refractivity (Wildman–Crippen MR) is 65.2 cm³/mol. The first kappa shape index (κ1) is 12.2. The van der Waals surface area contributed by atoms with Gasteiger partial charge in [-0.15, -0.1) is 0 Å². The molecule has 94 valence electrons. The van der Waals surface area contributed by atoms with E-state index in [0.29, 0.717) is 11.5 Å². The summed E-state index contributed by atoms with van der Waals surface area (Å²) < 4.78 is 4.80. The molecule has 0 radical (unpaired) electrons. The van der Waals surface area contributed by atoms with E-state index in [1.807, 2.05) is 12.1 Å². The smallest absolute Gasteiger partial charge is 0.306 e. The molecule has 0 aliphatic heterocycles. The highest BCUT2D eigenvalue weighted by molar-refractivity contribution is 5.91. The zero-order valence-corrected chi connectivity index (χ0v) is 10.3. The molecule has 1 amide bonds. The molecule has 2 rings (SSSR count). The number of nitrogens with one attached hydrogen (secondary N) is 1. The van der Waals surface area contributed by atoms with Crippen molar-refractivity contribution in [2.24, 2.45) is 0 Å². The van der Waals surface area contributed by atoms with E-state index in [1.54, 1.807) is 25.1 Å². The molecule has 1 aromatic carbocycles. The lowest BCUT2D eigenvalue weighted by molar-refractivity contribution is 0.0750. The highest BCUT2D eigenvalue weighted by Gasteiger charge is 2.11. The van der Waals surface area contributed by atoms with Gasteiger partial charge in [0.05, 0.1) is 0 Å². The summed E-state index contributed by atoms with van der Waals surface area (Å²) in [5, 5.41) is 3.59. The van der Waals surface area contributed by atoms with Crippen molar-refractivity contribution in [3.05, 3.63) is 47.3 Å². The molecule has 2 aromatic rings. The van der Waals surface area contributed by atoms with Gasteiger partial charge in [-0.1, -0.05) is 24.2 Å². The molecule has 0 spiro atoms. The van der Waals surface area contributed by atoms with Gasteiger partial charge in [-0.25, -0.2) is 0 Å². The number of hydrogen-bond donors (Lipinski definition) is 1. The Morgan fingerprint density at radius 1 is 1.39 bits per heavy atom. The first-order chi connectivity index (χ1) is 8.69. The molecule has 5 nitrogen and oxygen atoms in total. The monoisotopic (exact) mass is 246 g/mol. The Morgan fingerprint density at radius 2 is 2.11 bits per heavy atom. The molecule has 0 aliphatic carbocycles. The maximum Gasteiger partial charge on any atom is 0.306 e. The average Bonchev–Trinajstić information content (AvgIpc) is 2.83. The lowest BCUT2D eigenvalue weighted by atomic mass is 10.2. The van der Waals surface area contributed by atoms with Gasteiger partial charge in [-0.05, 0) is 31.0 Å². The zero-order valence-electron chi connectivity index (χ0n) is 10.3. The lowest BCUT2D eigenvalue weighted by Crippen LogP contribution is -2.27. The average molecular weight is 246 g/mol. The quantitative estimate of drug-likeness (QED) is 0.840. The fraction of sp³-hybridized carbons (Fsp3) is 0.231. The van der Waals surface area contributed by atoms with E-state index >= 15 is 0 Å². The summed E-state index contributed by atoms with van der Waals surface area (Å²) in [5.74, 6) is 0.708. The van der Waals surface area contributed by atoms with Crippen molar-refractivity contribution < 1.29 is 14.2 Å². The van der Waals surface area contributed by atoms with E-state index in [1.165, 1.54) is 5.56 Å². The maximum atomic E-state index is 11.6. The molecule has 5 heteroatoms. The standard InChI is InChI=1S/C13H14N2O3/c1-3-10-4-6-11(7-5-10)18-15-13(16)12-8-9(2)17-14-12/h4-8H,3H2,1-2H3,(H,15,16). The van der Waals surface area contributed by atoms with Gasteiger partial charge in [-0.2, -0.15) is 5.48 Å². The van der Waals surface area contributed by atoms with E-state index in [-0.39, 0.29) is 5.69 Å². The third-order valence-electron chi connectivity index (χ3n) is 2.45. The summed E-state index contributed by atoms with van der Waals surface area (Å²) in [6.45, 7) is 3.79. The summed E-state index contributed by atoms with van der Waals surface area (Å²) in [6.07, 6.45) is 0.963. The van der Waals surface area contributed by atoms with Crippen molar-refractivity contribution in [3.8, 4) is 5.75 Å². The molecule has 0 saturated heterocycles. The van der Waals surface area contributed by atoms with Gasteiger partial charge >= 0.3 is 5.91 Å². The molecule has 0 atom stereocenters. The fourth-order valence-corrected chi connectivity index (χ4v) is 1.42. The van der Waals surface area contributed by atoms with Crippen molar-refractivity contribution in [2.75, 3.05) is 0 Å². The third-order valence-corrected chi connectivity index (χ3v) is 2.45. The normalized spacial score (nSPS) is 10.1. The zero-order chi connectivity index (χ0) is 13.0. The van der Waals surface area contributed by atoms with Crippen molar-refractivity contribution in [1.29, 1.82) is 0 Å². The van der Waals surface area contributed by atoms with Crippen LogP contribution in [0.2, 0.25) is 0 Å². The van der Waals surface area contributed by atoms with Gasteiger partial charge < -0.3 is 9.36 Å². The second-order valence-electron chi connectivity index (χ2n) is 3.85. The summed E-state index contributed by atoms with van der Waals surface area (Å²) in [7, 11) is 0. The molecular weight excluding hydrogens is 232 g/mol. The summed E-state index contributed by atoms with van der Waals surface area (Å²) in [4.78, 5) is 16.7. The molecule has 18 heavy (non-hydrogen) atoms. The lowest BCUT2D eigenvalue weighted by Gasteiger charge is -2.05. The number of aromatic nitrogens is 1. The Balaban J connectivity index is 1.92. The van der Waals surface area contributed by atoms with E-state index in [0.717, 1.165) is 6.42 Å². The molecule has 1 heterocycles. The second-order valence-corrected chi connectivity index (χ2v) is 3.85. The van der Waals surface area contributed by atoms with Crippen LogP contribution in [0.25, 0.3) is 0 Å². The van der Waals surface area contributed by atoms with Crippen molar-refractivity contribution in [3.63, 3.8) is 0 Å².